The number of aromatic nitrogens is 3. The van der Waals surface area contributed by atoms with Gasteiger partial charge in [0.25, 0.3) is 5.56 Å². The first-order valence-electron chi connectivity index (χ1n) is 8.11. The first-order chi connectivity index (χ1) is 11.9. The number of hydrogen-bond donors (Lipinski definition) is 0. The van der Waals surface area contributed by atoms with Gasteiger partial charge in [0.1, 0.15) is 11.6 Å². The molecule has 0 N–H and O–H groups in total. The maximum absolute atomic E-state index is 12.7. The molecule has 1 fully saturated rings. The van der Waals surface area contributed by atoms with Crippen molar-refractivity contribution in [2.45, 2.75) is 45.9 Å². The van der Waals surface area contributed by atoms with Crippen LogP contribution >= 0.6 is 23.2 Å². The van der Waals surface area contributed by atoms with Crippen molar-refractivity contribution in [3.05, 3.63) is 49.6 Å². The molecule has 3 rings (SSSR count). The summed E-state index contributed by atoms with van der Waals surface area (Å²) in [5.74, 6) is -0.195. The Morgan fingerprint density at radius 1 is 1.40 bits per heavy atom. The van der Waals surface area contributed by atoms with Gasteiger partial charge in [-0.05, 0) is 32.8 Å². The summed E-state index contributed by atoms with van der Waals surface area (Å²) in [6, 6.07) is 1.84. The molecule has 1 aliphatic heterocycles. The molecule has 0 aliphatic carbocycles. The Morgan fingerprint density at radius 3 is 2.84 bits per heavy atom. The summed E-state index contributed by atoms with van der Waals surface area (Å²) in [6.45, 7) is 5.21. The predicted molar refractivity (Wildman–Crippen MR) is 95.7 cm³/mol. The van der Waals surface area contributed by atoms with Gasteiger partial charge in [0.15, 0.2) is 5.78 Å². The molecule has 0 radical (unpaired) electrons. The van der Waals surface area contributed by atoms with Gasteiger partial charge in [-0.1, -0.05) is 23.2 Å². The highest BCUT2D eigenvalue weighted by Crippen LogP contribution is 2.21. The van der Waals surface area contributed by atoms with Crippen molar-refractivity contribution in [2.75, 3.05) is 6.61 Å². The van der Waals surface area contributed by atoms with Gasteiger partial charge in [0, 0.05) is 30.1 Å². The zero-order chi connectivity index (χ0) is 18.1. The van der Waals surface area contributed by atoms with Crippen LogP contribution in [0.2, 0.25) is 10.0 Å². The Kier molecular flexibility index (Phi) is 5.32. The second-order valence-corrected chi connectivity index (χ2v) is 7.01. The van der Waals surface area contributed by atoms with Crippen LogP contribution in [0.3, 0.4) is 0 Å². The summed E-state index contributed by atoms with van der Waals surface area (Å²) in [6.07, 6.45) is 3.55. The second kappa shape index (κ2) is 7.32. The molecule has 1 unspecified atom stereocenters. The Bertz CT molecular complexity index is 867. The van der Waals surface area contributed by atoms with Gasteiger partial charge in [-0.15, -0.1) is 0 Å². The van der Waals surface area contributed by atoms with Crippen molar-refractivity contribution in [1.82, 2.24) is 14.3 Å². The topological polar surface area (TPSA) is 66.1 Å². The molecular formula is C17H19Cl2N3O3. The minimum Gasteiger partial charge on any atom is -0.376 e. The monoisotopic (exact) mass is 383 g/mol. The number of carbonyl (C=O) groups excluding carboxylic acids is 1. The van der Waals surface area contributed by atoms with Gasteiger partial charge in [0.2, 0.25) is 0 Å². The molecule has 0 aromatic carbocycles. The maximum Gasteiger partial charge on any atom is 0.287 e. The fraction of sp³-hybridized carbons (Fsp3) is 0.471. The summed E-state index contributed by atoms with van der Waals surface area (Å²) in [7, 11) is 0. The molecule has 1 aliphatic rings. The summed E-state index contributed by atoms with van der Waals surface area (Å²) in [5.41, 5.74) is 1.86. The molecule has 25 heavy (non-hydrogen) atoms. The van der Waals surface area contributed by atoms with Gasteiger partial charge in [0.05, 0.1) is 17.3 Å². The summed E-state index contributed by atoms with van der Waals surface area (Å²) < 4.78 is 8.81. The van der Waals surface area contributed by atoms with E-state index in [0.29, 0.717) is 5.56 Å². The first-order valence-corrected chi connectivity index (χ1v) is 8.86. The molecule has 0 saturated carbocycles. The van der Waals surface area contributed by atoms with Gasteiger partial charge < -0.3 is 9.30 Å². The number of carbonyl (C=O) groups is 1. The van der Waals surface area contributed by atoms with E-state index < -0.39 is 5.56 Å². The van der Waals surface area contributed by atoms with Gasteiger partial charge in [-0.25, -0.2) is 4.68 Å². The van der Waals surface area contributed by atoms with E-state index in [1.807, 2.05) is 19.9 Å². The molecule has 1 saturated heterocycles. The number of ketones is 1. The van der Waals surface area contributed by atoms with Crippen LogP contribution in [0.1, 0.15) is 34.6 Å². The smallest absolute Gasteiger partial charge is 0.287 e. The number of halogens is 2. The van der Waals surface area contributed by atoms with Gasteiger partial charge >= 0.3 is 0 Å². The van der Waals surface area contributed by atoms with E-state index in [0.717, 1.165) is 42.1 Å². The molecule has 3 heterocycles. The van der Waals surface area contributed by atoms with Crippen molar-refractivity contribution in [3.63, 3.8) is 0 Å². The fourth-order valence-electron chi connectivity index (χ4n) is 3.14. The van der Waals surface area contributed by atoms with E-state index in [1.165, 1.54) is 6.20 Å². The third-order valence-corrected chi connectivity index (χ3v) is 5.27. The van der Waals surface area contributed by atoms with Crippen LogP contribution in [0, 0.1) is 13.8 Å². The lowest BCUT2D eigenvalue weighted by molar-refractivity contribution is 0.0946. The van der Waals surface area contributed by atoms with E-state index in [-0.39, 0.29) is 28.5 Å². The standard InChI is InChI=1S/C17H19Cl2N3O3/c1-10-6-13(11(2)21(10)8-12-4-3-5-25-12)15(23)9-22-17(24)16(19)14(18)7-20-22/h6-7,12H,3-5,8-9H2,1-2H3. The molecule has 2 aromatic heterocycles. The minimum absolute atomic E-state index is 0.0742. The van der Waals surface area contributed by atoms with Crippen molar-refractivity contribution >= 4 is 29.0 Å². The molecule has 134 valence electrons. The second-order valence-electron chi connectivity index (χ2n) is 6.22. The summed E-state index contributed by atoms with van der Waals surface area (Å²) >= 11 is 11.6. The van der Waals surface area contributed by atoms with Crippen LogP contribution in [0.5, 0.6) is 0 Å². The molecule has 6 nitrogen and oxygen atoms in total. The predicted octanol–water partition coefficient (Wildman–Crippen LogP) is 3.03. The van der Waals surface area contributed by atoms with E-state index in [9.17, 15) is 9.59 Å². The molecule has 0 bridgehead atoms. The average Bonchev–Trinajstić information content (AvgIpc) is 3.19. The number of aryl methyl sites for hydroxylation is 1. The van der Waals surface area contributed by atoms with Gasteiger partial charge in [-0.2, -0.15) is 5.10 Å². The molecule has 0 amide bonds. The normalized spacial score (nSPS) is 17.2. The molecule has 0 spiro atoms. The minimum atomic E-state index is -0.573. The van der Waals surface area contributed by atoms with Crippen LogP contribution in [0.4, 0.5) is 0 Å². The van der Waals surface area contributed by atoms with Crippen LogP contribution in [-0.4, -0.2) is 32.8 Å². The Hall–Kier alpha value is -1.63. The highest BCUT2D eigenvalue weighted by molar-refractivity contribution is 6.41. The van der Waals surface area contributed by atoms with Crippen molar-refractivity contribution in [1.29, 1.82) is 0 Å². The zero-order valence-corrected chi connectivity index (χ0v) is 15.6. The Labute approximate surface area is 155 Å². The third-order valence-electron chi connectivity index (χ3n) is 4.52. The zero-order valence-electron chi connectivity index (χ0n) is 14.1. The van der Waals surface area contributed by atoms with E-state index in [4.69, 9.17) is 27.9 Å². The fourth-order valence-corrected chi connectivity index (χ4v) is 3.41. The van der Waals surface area contributed by atoms with Crippen molar-refractivity contribution in [3.8, 4) is 0 Å². The molecular weight excluding hydrogens is 365 g/mol. The Morgan fingerprint density at radius 2 is 2.16 bits per heavy atom. The lowest BCUT2D eigenvalue weighted by atomic mass is 10.1. The third kappa shape index (κ3) is 3.66. The van der Waals surface area contributed by atoms with Crippen LogP contribution in [-0.2, 0) is 17.8 Å². The number of nitrogens with zero attached hydrogens (tertiary/aromatic N) is 3. The summed E-state index contributed by atoms with van der Waals surface area (Å²) in [5, 5.41) is 3.83. The highest BCUT2D eigenvalue weighted by atomic mass is 35.5. The quantitative estimate of drug-likeness (QED) is 0.744. The number of Topliss-reactive ketones (excluding diaryl/α,β-unsaturated/α-hetero) is 1. The first kappa shape index (κ1) is 18.2. The SMILES string of the molecule is Cc1cc(C(=O)Cn2ncc(Cl)c(Cl)c2=O)c(C)n1CC1CCCO1. The lowest BCUT2D eigenvalue weighted by Gasteiger charge is -2.14. The summed E-state index contributed by atoms with van der Waals surface area (Å²) in [4.78, 5) is 24.7. The van der Waals surface area contributed by atoms with Crippen molar-refractivity contribution in [2.24, 2.45) is 0 Å². The highest BCUT2D eigenvalue weighted by Gasteiger charge is 2.22. The van der Waals surface area contributed by atoms with E-state index in [2.05, 4.69) is 9.67 Å². The van der Waals surface area contributed by atoms with E-state index in [1.54, 1.807) is 0 Å². The lowest BCUT2D eigenvalue weighted by Crippen LogP contribution is -2.27. The maximum atomic E-state index is 12.7. The molecule has 8 heteroatoms. The molecule has 1 atom stereocenters. The van der Waals surface area contributed by atoms with Gasteiger partial charge in [-0.3, -0.25) is 9.59 Å². The van der Waals surface area contributed by atoms with Crippen LogP contribution in [0.15, 0.2) is 17.1 Å². The van der Waals surface area contributed by atoms with E-state index >= 15 is 0 Å². The average molecular weight is 384 g/mol. The number of hydrogen-bond acceptors (Lipinski definition) is 4. The Balaban J connectivity index is 1.83. The van der Waals surface area contributed by atoms with Crippen LogP contribution < -0.4 is 5.56 Å². The van der Waals surface area contributed by atoms with Crippen molar-refractivity contribution < 1.29 is 9.53 Å². The number of rotatable bonds is 5. The number of ether oxygens (including phenoxy) is 1. The van der Waals surface area contributed by atoms with Crippen LogP contribution in [0.25, 0.3) is 0 Å². The largest absolute Gasteiger partial charge is 0.376 e. The molecule has 2 aromatic rings.